The first-order valence-electron chi connectivity index (χ1n) is 11.1. The lowest BCUT2D eigenvalue weighted by Gasteiger charge is -2.14. The number of carboxylic acid groups (broad SMARTS) is 3. The lowest BCUT2D eigenvalue weighted by molar-refractivity contribution is -0.141. The summed E-state index contributed by atoms with van der Waals surface area (Å²) in [5, 5.41) is 39.1. The number of amides is 1. The fourth-order valence-electron chi connectivity index (χ4n) is 2.83. The molecule has 0 aliphatic rings. The molecule has 17 nitrogen and oxygen atoms in total. The van der Waals surface area contributed by atoms with Crippen LogP contribution in [0.4, 0.5) is 11.6 Å². The van der Waals surface area contributed by atoms with Crippen molar-refractivity contribution in [3.8, 4) is 0 Å². The quantitative estimate of drug-likeness (QED) is 0.130. The highest BCUT2D eigenvalue weighted by molar-refractivity contribution is 5.97. The molecule has 39 heavy (non-hydrogen) atoms. The number of rotatable bonds is 11. The predicted octanol–water partition coefficient (Wildman–Crippen LogP) is -1.65. The van der Waals surface area contributed by atoms with Crippen molar-refractivity contribution < 1.29 is 39.6 Å². The van der Waals surface area contributed by atoms with E-state index in [1.807, 2.05) is 0 Å². The minimum Gasteiger partial charge on any atom is -0.481 e. The third kappa shape index (κ3) is 9.34. The average molecular weight is 546 g/mol. The van der Waals surface area contributed by atoms with Crippen LogP contribution in [0.2, 0.25) is 0 Å². The van der Waals surface area contributed by atoms with Crippen LogP contribution in [0.5, 0.6) is 0 Å². The van der Waals surface area contributed by atoms with Crippen molar-refractivity contribution in [2.24, 2.45) is 5.73 Å². The second-order valence-corrected chi connectivity index (χ2v) is 7.84. The van der Waals surface area contributed by atoms with Gasteiger partial charge in [0, 0.05) is 17.7 Å². The molecular formula is C22H26N8O9. The summed E-state index contributed by atoms with van der Waals surface area (Å²) in [7, 11) is 0. The zero-order valence-electron chi connectivity index (χ0n) is 20.2. The van der Waals surface area contributed by atoms with Crippen molar-refractivity contribution in [2.45, 2.75) is 31.5 Å². The molecule has 2 atom stereocenters. The Morgan fingerprint density at radius 1 is 1.03 bits per heavy atom. The van der Waals surface area contributed by atoms with E-state index in [0.717, 1.165) is 0 Å². The lowest BCUT2D eigenvalue weighted by Crippen LogP contribution is -2.41. The van der Waals surface area contributed by atoms with Gasteiger partial charge in [0.2, 0.25) is 5.95 Å². The van der Waals surface area contributed by atoms with E-state index in [1.54, 1.807) is 12.1 Å². The van der Waals surface area contributed by atoms with Crippen LogP contribution in [0.15, 0.2) is 35.3 Å². The monoisotopic (exact) mass is 546 g/mol. The number of carbonyl (C=O) groups excluding carboxylic acids is 1. The first-order valence-corrected chi connectivity index (χ1v) is 11.1. The molecule has 3 aromatic rings. The molecule has 1 amide bonds. The zero-order chi connectivity index (χ0) is 29.1. The van der Waals surface area contributed by atoms with Crippen molar-refractivity contribution in [2.75, 3.05) is 17.7 Å². The SMILES string of the molecule is N[C@@H](CO)C(=O)O.Nc1nc2ncc(CNc3ccc(C(=O)N[C@@H](CCC(=O)O)C(=O)O)cc3)nc2c(=O)[nH]1. The molecule has 2 heterocycles. The van der Waals surface area contributed by atoms with E-state index in [9.17, 15) is 24.0 Å². The van der Waals surface area contributed by atoms with Crippen molar-refractivity contribution >= 4 is 46.6 Å². The van der Waals surface area contributed by atoms with Crippen LogP contribution in [0.3, 0.4) is 0 Å². The first-order chi connectivity index (χ1) is 18.4. The number of H-pyrrole nitrogens is 1. The fraction of sp³-hybridized carbons (Fsp3) is 0.273. The van der Waals surface area contributed by atoms with Gasteiger partial charge in [-0.2, -0.15) is 4.98 Å². The van der Waals surface area contributed by atoms with Crippen molar-refractivity contribution in [1.29, 1.82) is 0 Å². The maximum Gasteiger partial charge on any atom is 0.326 e. The summed E-state index contributed by atoms with van der Waals surface area (Å²) in [5.41, 5.74) is 11.2. The van der Waals surface area contributed by atoms with Gasteiger partial charge in [0.25, 0.3) is 11.5 Å². The van der Waals surface area contributed by atoms with E-state index in [1.165, 1.54) is 18.3 Å². The van der Waals surface area contributed by atoms with Crippen LogP contribution >= 0.6 is 0 Å². The van der Waals surface area contributed by atoms with E-state index in [4.69, 9.17) is 31.9 Å². The Bertz CT molecular complexity index is 1390. The molecule has 0 aliphatic heterocycles. The number of carboxylic acids is 3. The van der Waals surface area contributed by atoms with Gasteiger partial charge in [-0.1, -0.05) is 0 Å². The Hall–Kier alpha value is -5.16. The Morgan fingerprint density at radius 3 is 2.23 bits per heavy atom. The summed E-state index contributed by atoms with van der Waals surface area (Å²) in [6, 6.07) is 3.74. The minimum atomic E-state index is -1.31. The highest BCUT2D eigenvalue weighted by Gasteiger charge is 2.21. The molecule has 0 saturated heterocycles. The highest BCUT2D eigenvalue weighted by atomic mass is 16.4. The van der Waals surface area contributed by atoms with Gasteiger partial charge in [-0.15, -0.1) is 0 Å². The maximum atomic E-state index is 12.3. The number of nitrogens with two attached hydrogens (primary N) is 2. The largest absolute Gasteiger partial charge is 0.481 e. The number of hydrogen-bond acceptors (Lipinski definition) is 12. The fourth-order valence-corrected chi connectivity index (χ4v) is 2.83. The third-order valence-corrected chi connectivity index (χ3v) is 4.87. The smallest absolute Gasteiger partial charge is 0.326 e. The van der Waals surface area contributed by atoms with Gasteiger partial charge >= 0.3 is 17.9 Å². The number of aliphatic carboxylic acids is 3. The molecule has 1 aromatic carbocycles. The molecule has 17 heteroatoms. The van der Waals surface area contributed by atoms with Crippen LogP contribution in [0.25, 0.3) is 11.2 Å². The van der Waals surface area contributed by atoms with Crippen LogP contribution in [-0.4, -0.2) is 82.9 Å². The summed E-state index contributed by atoms with van der Waals surface area (Å²) in [4.78, 5) is 70.2. The number of fused-ring (bicyclic) bond motifs is 1. The van der Waals surface area contributed by atoms with E-state index in [0.29, 0.717) is 11.4 Å². The van der Waals surface area contributed by atoms with Crippen molar-refractivity contribution in [3.05, 3.63) is 52.1 Å². The molecule has 2 aromatic heterocycles. The predicted molar refractivity (Wildman–Crippen MR) is 135 cm³/mol. The molecule has 0 bridgehead atoms. The molecule has 0 unspecified atom stereocenters. The number of nitrogens with one attached hydrogen (secondary N) is 3. The van der Waals surface area contributed by atoms with E-state index in [-0.39, 0.29) is 42.1 Å². The zero-order valence-corrected chi connectivity index (χ0v) is 20.2. The number of anilines is 2. The summed E-state index contributed by atoms with van der Waals surface area (Å²) in [5.74, 6) is -4.33. The number of carbonyl (C=O) groups is 4. The van der Waals surface area contributed by atoms with Crippen molar-refractivity contribution in [3.63, 3.8) is 0 Å². The number of nitrogens with zero attached hydrogens (tertiary/aromatic N) is 3. The summed E-state index contributed by atoms with van der Waals surface area (Å²) in [6.07, 6.45) is 0.840. The Morgan fingerprint density at radius 2 is 1.69 bits per heavy atom. The molecule has 11 N–H and O–H groups in total. The maximum absolute atomic E-state index is 12.3. The third-order valence-electron chi connectivity index (χ3n) is 4.87. The van der Waals surface area contributed by atoms with Crippen LogP contribution < -0.4 is 27.7 Å². The second-order valence-electron chi connectivity index (χ2n) is 7.84. The number of nitrogen functional groups attached to an aromatic ring is 1. The second kappa shape index (κ2) is 14.0. The highest BCUT2D eigenvalue weighted by Crippen LogP contribution is 2.12. The van der Waals surface area contributed by atoms with Gasteiger partial charge in [0.1, 0.15) is 12.1 Å². The molecule has 0 radical (unpaired) electrons. The molecule has 0 fully saturated rings. The first kappa shape index (κ1) is 30.1. The van der Waals surface area contributed by atoms with Gasteiger partial charge in [-0.05, 0) is 30.7 Å². The topological polar surface area (TPSA) is 297 Å². The normalized spacial score (nSPS) is 11.9. The molecule has 208 valence electrons. The molecule has 0 spiro atoms. The summed E-state index contributed by atoms with van der Waals surface area (Å²) < 4.78 is 0. The van der Waals surface area contributed by atoms with Gasteiger partial charge in [-0.25, -0.2) is 14.8 Å². The van der Waals surface area contributed by atoms with E-state index >= 15 is 0 Å². The van der Waals surface area contributed by atoms with E-state index in [2.05, 4.69) is 30.6 Å². The van der Waals surface area contributed by atoms with Gasteiger partial charge < -0.3 is 42.5 Å². The van der Waals surface area contributed by atoms with Gasteiger partial charge in [-0.3, -0.25) is 24.2 Å². The minimum absolute atomic E-state index is 0.0524. The number of aromatic amines is 1. The number of aromatic nitrogens is 4. The molecule has 3 rings (SSSR count). The van der Waals surface area contributed by atoms with Crippen LogP contribution in [0, 0.1) is 0 Å². The number of aliphatic hydroxyl groups excluding tert-OH is 1. The Balaban J connectivity index is 0.000000673. The van der Waals surface area contributed by atoms with Crippen molar-refractivity contribution in [1.82, 2.24) is 25.3 Å². The number of hydrogen-bond donors (Lipinski definition) is 9. The Kier molecular flexibility index (Phi) is 10.8. The average Bonchev–Trinajstić information content (AvgIpc) is 2.89. The summed E-state index contributed by atoms with van der Waals surface area (Å²) >= 11 is 0. The standard InChI is InChI=1S/C19H19N7O6.C3H7NO3/c20-19-25-15-14(17(30)26-19)23-11(8-22-15)7-21-10-3-1-9(2-4-10)16(29)24-12(18(31)32)5-6-13(27)28;4-2(1-5)3(6)7/h1-4,8,12,21H,5-7H2,(H,24,29)(H,27,28)(H,31,32)(H3,20,22,25,26,30);2,5H,1,4H2,(H,6,7)/t12-;2-/m00/s1. The summed E-state index contributed by atoms with van der Waals surface area (Å²) in [6.45, 7) is -0.274. The number of aliphatic hydroxyl groups is 1. The van der Waals surface area contributed by atoms with Gasteiger partial charge in [0.05, 0.1) is 25.0 Å². The van der Waals surface area contributed by atoms with Crippen LogP contribution in [-0.2, 0) is 20.9 Å². The van der Waals surface area contributed by atoms with E-state index < -0.39 is 48.1 Å². The van der Waals surface area contributed by atoms with Gasteiger partial charge in [0.15, 0.2) is 11.2 Å². The molecular weight excluding hydrogens is 520 g/mol. The molecule has 0 saturated carbocycles. The Labute approximate surface area is 218 Å². The molecule has 0 aliphatic carbocycles. The lowest BCUT2D eigenvalue weighted by atomic mass is 10.1. The number of benzene rings is 1. The van der Waals surface area contributed by atoms with Crippen LogP contribution in [0.1, 0.15) is 28.9 Å².